The Morgan fingerprint density at radius 2 is 1.72 bits per heavy atom. The van der Waals surface area contributed by atoms with Gasteiger partial charge in [0.2, 0.25) is 5.90 Å². The quantitative estimate of drug-likeness (QED) is 0.633. The van der Waals surface area contributed by atoms with Crippen molar-refractivity contribution in [3.05, 3.63) is 70.9 Å². The average Bonchev–Trinajstić information content (AvgIpc) is 3.02. The predicted molar refractivity (Wildman–Crippen MR) is 91.4 cm³/mol. The molecule has 0 amide bonds. The van der Waals surface area contributed by atoms with Crippen LogP contribution in [0, 0.1) is 0 Å². The van der Waals surface area contributed by atoms with E-state index >= 15 is 0 Å². The molecule has 0 atom stereocenters. The number of hydrogen-bond acceptors (Lipinski definition) is 6. The number of carbonyl (C=O) groups is 2. The van der Waals surface area contributed by atoms with Gasteiger partial charge in [0.25, 0.3) is 0 Å². The monoisotopic (exact) mass is 337 g/mol. The van der Waals surface area contributed by atoms with Gasteiger partial charge in [-0.2, -0.15) is 0 Å². The Morgan fingerprint density at radius 3 is 2.32 bits per heavy atom. The number of rotatable bonds is 4. The maximum Gasteiger partial charge on any atom is 0.363 e. The van der Waals surface area contributed by atoms with Crippen LogP contribution < -0.4 is 4.74 Å². The molecule has 0 fully saturated rings. The summed E-state index contributed by atoms with van der Waals surface area (Å²) in [5.41, 5.74) is 2.02. The van der Waals surface area contributed by atoms with Crippen LogP contribution in [-0.4, -0.2) is 32.1 Å². The molecular weight excluding hydrogens is 322 g/mol. The molecule has 0 aromatic heterocycles. The zero-order chi connectivity index (χ0) is 17.8. The van der Waals surface area contributed by atoms with Gasteiger partial charge in [-0.25, -0.2) is 14.6 Å². The van der Waals surface area contributed by atoms with E-state index in [1.54, 1.807) is 61.7 Å². The van der Waals surface area contributed by atoms with Gasteiger partial charge in [0.05, 0.1) is 19.8 Å². The molecule has 2 aromatic rings. The molecule has 0 N–H and O–H groups in total. The third kappa shape index (κ3) is 3.58. The lowest BCUT2D eigenvalue weighted by atomic mass is 10.1. The van der Waals surface area contributed by atoms with Gasteiger partial charge in [-0.05, 0) is 48.0 Å². The summed E-state index contributed by atoms with van der Waals surface area (Å²) >= 11 is 0. The first-order valence-electron chi connectivity index (χ1n) is 7.46. The molecule has 0 bridgehead atoms. The zero-order valence-electron chi connectivity index (χ0n) is 13.7. The van der Waals surface area contributed by atoms with E-state index in [-0.39, 0.29) is 11.6 Å². The fourth-order valence-electron chi connectivity index (χ4n) is 2.26. The summed E-state index contributed by atoms with van der Waals surface area (Å²) in [4.78, 5) is 27.7. The van der Waals surface area contributed by atoms with Crippen molar-refractivity contribution in [2.45, 2.75) is 0 Å². The lowest BCUT2D eigenvalue weighted by Crippen LogP contribution is -2.05. The minimum atomic E-state index is -0.525. The molecule has 126 valence electrons. The Kier molecular flexibility index (Phi) is 4.61. The van der Waals surface area contributed by atoms with E-state index in [0.717, 1.165) is 5.56 Å². The maximum absolute atomic E-state index is 12.0. The average molecular weight is 337 g/mol. The Labute approximate surface area is 144 Å². The van der Waals surface area contributed by atoms with Gasteiger partial charge in [0.15, 0.2) is 5.70 Å². The largest absolute Gasteiger partial charge is 0.497 e. The summed E-state index contributed by atoms with van der Waals surface area (Å²) in [6, 6.07) is 13.7. The Hall–Kier alpha value is -3.41. The van der Waals surface area contributed by atoms with Crippen molar-refractivity contribution >= 4 is 23.9 Å². The molecule has 0 aliphatic carbocycles. The van der Waals surface area contributed by atoms with Gasteiger partial charge < -0.3 is 14.2 Å². The summed E-state index contributed by atoms with van der Waals surface area (Å²) in [5.74, 6) is 0.00220. The minimum Gasteiger partial charge on any atom is -0.497 e. The predicted octanol–water partition coefficient (Wildman–Crippen LogP) is 2.83. The number of ether oxygens (including phenoxy) is 3. The van der Waals surface area contributed by atoms with Crippen LogP contribution in [0.25, 0.3) is 6.08 Å². The molecule has 6 nitrogen and oxygen atoms in total. The van der Waals surface area contributed by atoms with Crippen molar-refractivity contribution in [3.8, 4) is 5.75 Å². The zero-order valence-corrected chi connectivity index (χ0v) is 13.7. The third-order valence-corrected chi connectivity index (χ3v) is 3.59. The van der Waals surface area contributed by atoms with Crippen molar-refractivity contribution in [1.29, 1.82) is 0 Å². The van der Waals surface area contributed by atoms with Crippen LogP contribution in [0.3, 0.4) is 0 Å². The third-order valence-electron chi connectivity index (χ3n) is 3.59. The Morgan fingerprint density at radius 1 is 1.04 bits per heavy atom. The number of carbonyl (C=O) groups excluding carboxylic acids is 2. The highest BCUT2D eigenvalue weighted by Crippen LogP contribution is 2.21. The van der Waals surface area contributed by atoms with Gasteiger partial charge in [-0.1, -0.05) is 12.1 Å². The molecule has 0 spiro atoms. The van der Waals surface area contributed by atoms with Gasteiger partial charge in [0.1, 0.15) is 5.75 Å². The van der Waals surface area contributed by atoms with Crippen molar-refractivity contribution in [2.75, 3.05) is 14.2 Å². The molecule has 3 rings (SSSR count). The normalized spacial score (nSPS) is 14.9. The van der Waals surface area contributed by atoms with E-state index < -0.39 is 11.9 Å². The molecule has 1 aliphatic rings. The first-order chi connectivity index (χ1) is 12.1. The summed E-state index contributed by atoms with van der Waals surface area (Å²) in [6.45, 7) is 0. The number of methoxy groups -OCH3 is 2. The van der Waals surface area contributed by atoms with Crippen LogP contribution in [0.5, 0.6) is 5.75 Å². The van der Waals surface area contributed by atoms with E-state index in [1.807, 2.05) is 0 Å². The number of cyclic esters (lactones) is 1. The number of esters is 2. The minimum absolute atomic E-state index is 0.191. The molecule has 0 radical (unpaired) electrons. The fraction of sp³-hybridized carbons (Fsp3) is 0.105. The van der Waals surface area contributed by atoms with Gasteiger partial charge in [-0.15, -0.1) is 0 Å². The van der Waals surface area contributed by atoms with Crippen LogP contribution in [0.1, 0.15) is 21.5 Å². The van der Waals surface area contributed by atoms with E-state index in [4.69, 9.17) is 9.47 Å². The van der Waals surface area contributed by atoms with Crippen LogP contribution in [0.4, 0.5) is 0 Å². The van der Waals surface area contributed by atoms with Crippen molar-refractivity contribution in [2.24, 2.45) is 4.99 Å². The van der Waals surface area contributed by atoms with E-state index in [0.29, 0.717) is 16.9 Å². The molecule has 1 aliphatic heterocycles. The molecule has 0 saturated heterocycles. The van der Waals surface area contributed by atoms with Crippen LogP contribution in [0.2, 0.25) is 0 Å². The highest BCUT2D eigenvalue weighted by atomic mass is 16.6. The molecule has 0 saturated carbocycles. The maximum atomic E-state index is 12.0. The molecule has 0 unspecified atom stereocenters. The van der Waals surface area contributed by atoms with Gasteiger partial charge in [0, 0.05) is 5.56 Å². The topological polar surface area (TPSA) is 74.2 Å². The first-order valence-corrected chi connectivity index (χ1v) is 7.46. The fourth-order valence-corrected chi connectivity index (χ4v) is 2.26. The second-order valence-corrected chi connectivity index (χ2v) is 5.18. The van der Waals surface area contributed by atoms with Crippen molar-refractivity contribution in [1.82, 2.24) is 0 Å². The second kappa shape index (κ2) is 7.00. The molecule has 25 heavy (non-hydrogen) atoms. The first kappa shape index (κ1) is 16.4. The number of aliphatic imine (C=N–C) groups is 1. The van der Waals surface area contributed by atoms with Crippen molar-refractivity contribution in [3.63, 3.8) is 0 Å². The number of hydrogen-bond donors (Lipinski definition) is 0. The number of nitrogens with zero attached hydrogens (tertiary/aromatic N) is 1. The summed E-state index contributed by atoms with van der Waals surface area (Å²) in [7, 11) is 2.90. The van der Waals surface area contributed by atoms with E-state index in [2.05, 4.69) is 9.73 Å². The van der Waals surface area contributed by atoms with E-state index in [9.17, 15) is 9.59 Å². The Balaban J connectivity index is 1.83. The lowest BCUT2D eigenvalue weighted by Gasteiger charge is -2.01. The van der Waals surface area contributed by atoms with Crippen molar-refractivity contribution < 1.29 is 23.8 Å². The van der Waals surface area contributed by atoms with E-state index in [1.165, 1.54) is 7.11 Å². The second-order valence-electron chi connectivity index (χ2n) is 5.18. The van der Waals surface area contributed by atoms with Gasteiger partial charge >= 0.3 is 11.9 Å². The molecule has 1 heterocycles. The molecule has 2 aromatic carbocycles. The van der Waals surface area contributed by atoms with Crippen LogP contribution >= 0.6 is 0 Å². The Bertz CT molecular complexity index is 864. The highest BCUT2D eigenvalue weighted by Gasteiger charge is 2.24. The van der Waals surface area contributed by atoms with Gasteiger partial charge in [-0.3, -0.25) is 0 Å². The van der Waals surface area contributed by atoms with Crippen LogP contribution in [0.15, 0.2) is 59.2 Å². The standard InChI is InChI=1S/C19H15NO5/c1-23-15-9-7-13(8-10-15)17-20-16(19(22)25-17)11-12-3-5-14(6-4-12)18(21)24-2/h3-11H,1-2H3/b16-11+. The molecule has 6 heteroatoms. The number of benzene rings is 2. The van der Waals surface area contributed by atoms with Crippen LogP contribution in [-0.2, 0) is 14.3 Å². The summed E-state index contributed by atoms with van der Waals surface area (Å²) < 4.78 is 15.0. The lowest BCUT2D eigenvalue weighted by molar-refractivity contribution is -0.129. The summed E-state index contributed by atoms with van der Waals surface area (Å²) in [6.07, 6.45) is 1.60. The SMILES string of the molecule is COC(=O)c1ccc(/C=C2/N=C(c3ccc(OC)cc3)OC2=O)cc1. The summed E-state index contributed by atoms with van der Waals surface area (Å²) in [5, 5.41) is 0. The molecular formula is C19H15NO5. The highest BCUT2D eigenvalue weighted by molar-refractivity contribution is 6.12. The smallest absolute Gasteiger partial charge is 0.363 e.